The molecule has 1 aromatic carbocycles. The van der Waals surface area contributed by atoms with E-state index in [-0.39, 0.29) is 34.5 Å². The standard InChI is InChI=1S/C21H24Cl2N6O4/c1-10-17-13(26-29-20(24)25)7-21(2,3)8-15(17)33-18(10)19(31)28-27-16(30)9-32-14-5-4-11(22)6-12(14)23/h4-6H,7-9H2,1-3H3,(H,27,30)(H,28,31)(H4,24,25,29)/b26-13-. The van der Waals surface area contributed by atoms with E-state index >= 15 is 0 Å². The van der Waals surface area contributed by atoms with E-state index in [1.165, 1.54) is 12.1 Å². The van der Waals surface area contributed by atoms with Crippen molar-refractivity contribution in [1.29, 1.82) is 0 Å². The molecule has 33 heavy (non-hydrogen) atoms. The number of hydrogen-bond donors (Lipinski definition) is 4. The summed E-state index contributed by atoms with van der Waals surface area (Å²) in [6.45, 7) is 5.45. The summed E-state index contributed by atoms with van der Waals surface area (Å²) in [5.41, 5.74) is 17.1. The number of fused-ring (bicyclic) bond motifs is 1. The van der Waals surface area contributed by atoms with Crippen molar-refractivity contribution in [3.8, 4) is 5.75 Å². The van der Waals surface area contributed by atoms with Gasteiger partial charge in [-0.1, -0.05) is 37.0 Å². The van der Waals surface area contributed by atoms with Gasteiger partial charge in [-0.2, -0.15) is 5.10 Å². The van der Waals surface area contributed by atoms with Gasteiger partial charge in [0.05, 0.1) is 10.7 Å². The zero-order chi connectivity index (χ0) is 24.3. The highest BCUT2D eigenvalue weighted by atomic mass is 35.5. The molecule has 1 aliphatic carbocycles. The number of nitrogens with two attached hydrogens (primary N) is 2. The Hall–Kier alpha value is -3.24. The van der Waals surface area contributed by atoms with Crippen LogP contribution in [-0.4, -0.2) is 30.1 Å². The highest BCUT2D eigenvalue weighted by Gasteiger charge is 2.36. The number of carbonyl (C=O) groups excluding carboxylic acids is 2. The average molecular weight is 495 g/mol. The molecule has 2 aromatic rings. The second kappa shape index (κ2) is 9.72. The van der Waals surface area contributed by atoms with Crippen LogP contribution in [0.2, 0.25) is 10.0 Å². The maximum atomic E-state index is 12.7. The molecule has 1 aromatic heterocycles. The Morgan fingerprint density at radius 3 is 2.61 bits per heavy atom. The maximum Gasteiger partial charge on any atom is 0.305 e. The smallest absolute Gasteiger partial charge is 0.305 e. The Morgan fingerprint density at radius 1 is 1.21 bits per heavy atom. The van der Waals surface area contributed by atoms with E-state index in [1.807, 2.05) is 13.8 Å². The molecule has 0 saturated heterocycles. The molecule has 0 spiro atoms. The Labute approximate surface area is 200 Å². The van der Waals surface area contributed by atoms with Crippen molar-refractivity contribution in [2.24, 2.45) is 27.1 Å². The lowest BCUT2D eigenvalue weighted by Gasteiger charge is -2.29. The maximum absolute atomic E-state index is 12.7. The lowest BCUT2D eigenvalue weighted by molar-refractivity contribution is -0.123. The molecule has 0 radical (unpaired) electrons. The summed E-state index contributed by atoms with van der Waals surface area (Å²) in [5, 5.41) is 8.61. The number of amides is 2. The SMILES string of the molecule is Cc1c(C(=O)NNC(=O)COc2ccc(Cl)cc2Cl)oc2c1/C(=N\N=C(N)N)CC(C)(C)C2. The first kappa shape index (κ1) is 24.4. The predicted molar refractivity (Wildman–Crippen MR) is 125 cm³/mol. The van der Waals surface area contributed by atoms with E-state index in [0.717, 1.165) is 0 Å². The summed E-state index contributed by atoms with van der Waals surface area (Å²) >= 11 is 11.8. The van der Waals surface area contributed by atoms with Gasteiger partial charge in [0.15, 0.2) is 12.4 Å². The molecule has 2 amide bonds. The molecular formula is C21H24Cl2N6O4. The Bertz CT molecular complexity index is 1150. The lowest BCUT2D eigenvalue weighted by Crippen LogP contribution is -2.43. The molecule has 0 fully saturated rings. The van der Waals surface area contributed by atoms with Crippen LogP contribution in [-0.2, 0) is 11.2 Å². The number of hydrazine groups is 1. The van der Waals surface area contributed by atoms with E-state index in [2.05, 4.69) is 21.1 Å². The Morgan fingerprint density at radius 2 is 1.94 bits per heavy atom. The number of rotatable bonds is 5. The minimum Gasteiger partial charge on any atom is -0.482 e. The molecule has 12 heteroatoms. The normalized spacial score (nSPS) is 15.5. The van der Waals surface area contributed by atoms with Crippen LogP contribution in [0, 0.1) is 12.3 Å². The van der Waals surface area contributed by atoms with Crippen LogP contribution in [0.3, 0.4) is 0 Å². The number of nitrogens with one attached hydrogen (secondary N) is 2. The number of carbonyl (C=O) groups is 2. The van der Waals surface area contributed by atoms with Crippen LogP contribution in [0.4, 0.5) is 0 Å². The molecule has 6 N–H and O–H groups in total. The summed E-state index contributed by atoms with van der Waals surface area (Å²) in [4.78, 5) is 24.8. The van der Waals surface area contributed by atoms with Crippen LogP contribution in [0.5, 0.6) is 5.75 Å². The first-order valence-electron chi connectivity index (χ1n) is 9.92. The third-order valence-electron chi connectivity index (χ3n) is 4.85. The Balaban J connectivity index is 1.69. The van der Waals surface area contributed by atoms with E-state index in [0.29, 0.717) is 40.5 Å². The number of ether oxygens (including phenoxy) is 1. The molecule has 0 atom stereocenters. The molecule has 0 bridgehead atoms. The van der Waals surface area contributed by atoms with Gasteiger partial charge in [-0.3, -0.25) is 20.4 Å². The number of nitrogens with zero attached hydrogens (tertiary/aromatic N) is 2. The summed E-state index contributed by atoms with van der Waals surface area (Å²) in [5.74, 6) is -0.454. The first-order chi connectivity index (χ1) is 15.5. The second-order valence-electron chi connectivity index (χ2n) is 8.31. The van der Waals surface area contributed by atoms with E-state index in [4.69, 9.17) is 43.8 Å². The zero-order valence-electron chi connectivity index (χ0n) is 18.3. The van der Waals surface area contributed by atoms with Crippen LogP contribution in [0.15, 0.2) is 32.8 Å². The second-order valence-corrected chi connectivity index (χ2v) is 9.15. The van der Waals surface area contributed by atoms with Gasteiger partial charge in [0.25, 0.3) is 5.91 Å². The third kappa shape index (κ3) is 5.96. The van der Waals surface area contributed by atoms with Crippen molar-refractivity contribution in [2.45, 2.75) is 33.6 Å². The molecule has 3 rings (SSSR count). The summed E-state index contributed by atoms with van der Waals surface area (Å²) < 4.78 is 11.2. The molecular weight excluding hydrogens is 471 g/mol. The average Bonchev–Trinajstić information content (AvgIpc) is 3.04. The number of halogens is 2. The van der Waals surface area contributed by atoms with Gasteiger partial charge < -0.3 is 20.6 Å². The van der Waals surface area contributed by atoms with Crippen LogP contribution >= 0.6 is 23.2 Å². The monoisotopic (exact) mass is 494 g/mol. The van der Waals surface area contributed by atoms with Crippen LogP contribution in [0.1, 0.15) is 47.7 Å². The van der Waals surface area contributed by atoms with E-state index < -0.39 is 11.8 Å². The molecule has 1 aliphatic rings. The van der Waals surface area contributed by atoms with Crippen LogP contribution < -0.4 is 27.1 Å². The lowest BCUT2D eigenvalue weighted by atomic mass is 9.75. The van der Waals surface area contributed by atoms with Gasteiger partial charge >= 0.3 is 5.91 Å². The number of hydrogen-bond acceptors (Lipinski definition) is 6. The summed E-state index contributed by atoms with van der Waals surface area (Å²) in [6.07, 6.45) is 1.19. The van der Waals surface area contributed by atoms with Gasteiger partial charge in [-0.05, 0) is 37.0 Å². The van der Waals surface area contributed by atoms with E-state index in [9.17, 15) is 9.59 Å². The fourth-order valence-electron chi connectivity index (χ4n) is 3.49. The predicted octanol–water partition coefficient (Wildman–Crippen LogP) is 2.68. The Kier molecular flexibility index (Phi) is 7.19. The van der Waals surface area contributed by atoms with Crippen molar-refractivity contribution in [3.63, 3.8) is 0 Å². The fourth-order valence-corrected chi connectivity index (χ4v) is 3.95. The van der Waals surface area contributed by atoms with Crippen molar-refractivity contribution in [3.05, 3.63) is 50.9 Å². The van der Waals surface area contributed by atoms with Gasteiger partial charge in [-0.15, -0.1) is 5.10 Å². The van der Waals surface area contributed by atoms with Gasteiger partial charge in [0.2, 0.25) is 5.96 Å². The molecule has 10 nitrogen and oxygen atoms in total. The molecule has 0 saturated carbocycles. The largest absolute Gasteiger partial charge is 0.482 e. The van der Waals surface area contributed by atoms with Gasteiger partial charge in [0, 0.05) is 22.6 Å². The van der Waals surface area contributed by atoms with Crippen molar-refractivity contribution >= 4 is 46.7 Å². The van der Waals surface area contributed by atoms with E-state index in [1.54, 1.807) is 13.0 Å². The summed E-state index contributed by atoms with van der Waals surface area (Å²) in [7, 11) is 0. The highest BCUT2D eigenvalue weighted by molar-refractivity contribution is 6.35. The third-order valence-corrected chi connectivity index (χ3v) is 5.38. The van der Waals surface area contributed by atoms with Crippen molar-refractivity contribution < 1.29 is 18.7 Å². The zero-order valence-corrected chi connectivity index (χ0v) is 19.8. The number of furan rings is 1. The highest BCUT2D eigenvalue weighted by Crippen LogP contribution is 2.39. The van der Waals surface area contributed by atoms with Gasteiger partial charge in [-0.25, -0.2) is 0 Å². The fraction of sp³-hybridized carbons (Fsp3) is 0.333. The molecule has 0 aliphatic heterocycles. The quantitative estimate of drug-likeness (QED) is 0.284. The molecule has 176 valence electrons. The first-order valence-corrected chi connectivity index (χ1v) is 10.7. The summed E-state index contributed by atoms with van der Waals surface area (Å²) in [6, 6.07) is 4.61. The van der Waals surface area contributed by atoms with Crippen LogP contribution in [0.25, 0.3) is 0 Å². The molecule has 1 heterocycles. The minimum absolute atomic E-state index is 0.0528. The minimum atomic E-state index is -0.626. The van der Waals surface area contributed by atoms with Gasteiger partial charge in [0.1, 0.15) is 11.5 Å². The number of guanidine groups is 1. The van der Waals surface area contributed by atoms with Crippen molar-refractivity contribution in [1.82, 2.24) is 10.9 Å². The molecule has 0 unspecified atom stereocenters. The number of benzene rings is 1. The topological polar surface area (TPSA) is 157 Å². The van der Waals surface area contributed by atoms with Crippen molar-refractivity contribution in [2.75, 3.05) is 6.61 Å².